The number of aromatic nitrogens is 2. The fourth-order valence-corrected chi connectivity index (χ4v) is 2.49. The summed E-state index contributed by atoms with van der Waals surface area (Å²) in [6.07, 6.45) is 1.56. The summed E-state index contributed by atoms with van der Waals surface area (Å²) in [4.78, 5) is 12.3. The Labute approximate surface area is 115 Å². The predicted molar refractivity (Wildman–Crippen MR) is 74.9 cm³/mol. The zero-order chi connectivity index (χ0) is 14.4. The standard InChI is InChI=1S/C15H14N2O3/c1-8-7-10-5-4-6-20-14(10)11(8)12-13(18)9(2)16-17(3)15(12)19/h4-7,18H,1-3H3. The van der Waals surface area contributed by atoms with Gasteiger partial charge in [-0.1, -0.05) is 0 Å². The first kappa shape index (κ1) is 12.5. The minimum absolute atomic E-state index is 0.0947. The van der Waals surface area contributed by atoms with Crippen LogP contribution in [0, 0.1) is 13.8 Å². The fourth-order valence-electron chi connectivity index (χ4n) is 2.49. The van der Waals surface area contributed by atoms with Crippen molar-refractivity contribution >= 4 is 0 Å². The molecule has 102 valence electrons. The van der Waals surface area contributed by atoms with Crippen LogP contribution in [-0.2, 0) is 7.05 Å². The SMILES string of the molecule is Cc1cc2cccoc-2c1-c1c(O)c(C)nn(C)c1=O. The predicted octanol–water partition coefficient (Wildman–Crippen LogP) is 2.47. The molecule has 1 N–H and O–H groups in total. The fraction of sp³-hybridized carbons (Fsp3) is 0.200. The Morgan fingerprint density at radius 3 is 2.80 bits per heavy atom. The van der Waals surface area contributed by atoms with Crippen LogP contribution in [0.1, 0.15) is 11.3 Å². The Kier molecular flexibility index (Phi) is 2.64. The minimum Gasteiger partial charge on any atom is -0.505 e. The van der Waals surface area contributed by atoms with Crippen molar-refractivity contribution in [1.82, 2.24) is 9.78 Å². The van der Waals surface area contributed by atoms with E-state index >= 15 is 0 Å². The van der Waals surface area contributed by atoms with Crippen molar-refractivity contribution in [2.45, 2.75) is 13.8 Å². The Balaban J connectivity index is 2.44. The second-order valence-electron chi connectivity index (χ2n) is 4.84. The van der Waals surface area contributed by atoms with Gasteiger partial charge in [0.25, 0.3) is 5.56 Å². The number of aryl methyl sites for hydroxylation is 3. The second-order valence-corrected chi connectivity index (χ2v) is 4.84. The molecular formula is C15H14N2O3. The molecule has 0 radical (unpaired) electrons. The van der Waals surface area contributed by atoms with E-state index in [1.54, 1.807) is 26.3 Å². The van der Waals surface area contributed by atoms with Crippen LogP contribution in [0.5, 0.6) is 5.75 Å². The summed E-state index contributed by atoms with van der Waals surface area (Å²) in [7, 11) is 1.57. The van der Waals surface area contributed by atoms with E-state index in [1.807, 2.05) is 19.1 Å². The first-order valence-corrected chi connectivity index (χ1v) is 6.24. The first-order chi connectivity index (χ1) is 9.50. The van der Waals surface area contributed by atoms with Gasteiger partial charge in [-0.3, -0.25) is 4.79 Å². The third-order valence-electron chi connectivity index (χ3n) is 3.43. The van der Waals surface area contributed by atoms with Gasteiger partial charge in [0.1, 0.15) is 11.5 Å². The highest BCUT2D eigenvalue weighted by molar-refractivity contribution is 5.88. The van der Waals surface area contributed by atoms with Crippen LogP contribution in [0.25, 0.3) is 22.5 Å². The van der Waals surface area contributed by atoms with E-state index in [-0.39, 0.29) is 16.9 Å². The van der Waals surface area contributed by atoms with Crippen molar-refractivity contribution in [3.63, 3.8) is 0 Å². The summed E-state index contributed by atoms with van der Waals surface area (Å²) < 4.78 is 6.76. The molecule has 0 amide bonds. The topological polar surface area (TPSA) is 68.3 Å². The van der Waals surface area contributed by atoms with Gasteiger partial charge in [-0.25, -0.2) is 4.68 Å². The average molecular weight is 270 g/mol. The van der Waals surface area contributed by atoms with E-state index in [0.717, 1.165) is 11.1 Å². The van der Waals surface area contributed by atoms with Crippen molar-refractivity contribution in [3.8, 4) is 28.2 Å². The summed E-state index contributed by atoms with van der Waals surface area (Å²) in [6, 6.07) is 5.63. The molecule has 1 aromatic heterocycles. The van der Waals surface area contributed by atoms with E-state index in [2.05, 4.69) is 5.10 Å². The smallest absolute Gasteiger partial charge is 0.278 e. The zero-order valence-corrected chi connectivity index (χ0v) is 11.5. The molecule has 1 aliphatic carbocycles. The molecule has 1 aromatic rings. The summed E-state index contributed by atoms with van der Waals surface area (Å²) in [5.74, 6) is 0.505. The highest BCUT2D eigenvalue weighted by atomic mass is 16.3. The molecule has 1 aliphatic heterocycles. The van der Waals surface area contributed by atoms with Crippen molar-refractivity contribution in [1.29, 1.82) is 0 Å². The summed E-state index contributed by atoms with van der Waals surface area (Å²) >= 11 is 0. The number of rotatable bonds is 1. The third-order valence-corrected chi connectivity index (χ3v) is 3.43. The number of fused-ring (bicyclic) bond motifs is 1. The van der Waals surface area contributed by atoms with Gasteiger partial charge < -0.3 is 9.52 Å². The van der Waals surface area contributed by atoms with Crippen molar-refractivity contribution in [3.05, 3.63) is 46.1 Å². The summed E-state index contributed by atoms with van der Waals surface area (Å²) in [5.41, 5.74) is 2.71. The molecule has 5 heteroatoms. The number of aromatic hydroxyl groups is 1. The highest BCUT2D eigenvalue weighted by Crippen LogP contribution is 2.40. The Morgan fingerprint density at radius 2 is 2.05 bits per heavy atom. The van der Waals surface area contributed by atoms with Crippen LogP contribution in [0.2, 0.25) is 0 Å². The maximum absolute atomic E-state index is 12.3. The van der Waals surface area contributed by atoms with Crippen LogP contribution >= 0.6 is 0 Å². The number of hydrogen-bond acceptors (Lipinski definition) is 4. The molecule has 0 bridgehead atoms. The lowest BCUT2D eigenvalue weighted by Crippen LogP contribution is -2.22. The van der Waals surface area contributed by atoms with Crippen LogP contribution in [0.4, 0.5) is 0 Å². The van der Waals surface area contributed by atoms with Gasteiger partial charge in [-0.2, -0.15) is 5.10 Å². The first-order valence-electron chi connectivity index (χ1n) is 6.24. The average Bonchev–Trinajstić information content (AvgIpc) is 2.74. The van der Waals surface area contributed by atoms with Crippen LogP contribution in [0.3, 0.4) is 0 Å². The highest BCUT2D eigenvalue weighted by Gasteiger charge is 2.24. The monoisotopic (exact) mass is 270 g/mol. The number of nitrogens with zero attached hydrogens (tertiary/aromatic N) is 2. The van der Waals surface area contributed by atoms with E-state index < -0.39 is 0 Å². The number of hydrogen-bond donors (Lipinski definition) is 1. The minimum atomic E-state index is -0.345. The molecule has 2 heterocycles. The van der Waals surface area contributed by atoms with Crippen LogP contribution in [0.15, 0.2) is 33.7 Å². The van der Waals surface area contributed by atoms with Crippen molar-refractivity contribution in [2.24, 2.45) is 7.05 Å². The van der Waals surface area contributed by atoms with Crippen LogP contribution in [-0.4, -0.2) is 14.9 Å². The van der Waals surface area contributed by atoms with Crippen molar-refractivity contribution in [2.75, 3.05) is 0 Å². The van der Waals surface area contributed by atoms with Crippen molar-refractivity contribution < 1.29 is 9.52 Å². The Hall–Kier alpha value is -2.56. The molecule has 3 rings (SSSR count). The molecule has 0 fully saturated rings. The zero-order valence-electron chi connectivity index (χ0n) is 11.5. The normalized spacial score (nSPS) is 11.2. The lowest BCUT2D eigenvalue weighted by Gasteiger charge is -2.09. The quantitative estimate of drug-likeness (QED) is 0.737. The molecular weight excluding hydrogens is 256 g/mol. The van der Waals surface area contributed by atoms with Gasteiger partial charge in [-0.15, -0.1) is 0 Å². The van der Waals surface area contributed by atoms with Gasteiger partial charge in [0, 0.05) is 18.2 Å². The summed E-state index contributed by atoms with van der Waals surface area (Å²) in [6.45, 7) is 3.55. The molecule has 0 atom stereocenters. The molecule has 20 heavy (non-hydrogen) atoms. The van der Waals surface area contributed by atoms with E-state index in [9.17, 15) is 9.90 Å². The Bertz CT molecular complexity index is 830. The maximum Gasteiger partial charge on any atom is 0.278 e. The largest absolute Gasteiger partial charge is 0.505 e. The molecule has 0 spiro atoms. The third kappa shape index (κ3) is 1.63. The molecule has 5 nitrogen and oxygen atoms in total. The summed E-state index contributed by atoms with van der Waals surface area (Å²) in [5, 5.41) is 14.2. The second kappa shape index (κ2) is 4.23. The van der Waals surface area contributed by atoms with Gasteiger partial charge in [0.2, 0.25) is 0 Å². The van der Waals surface area contributed by atoms with Gasteiger partial charge in [0.15, 0.2) is 5.75 Å². The molecule has 0 unspecified atom stereocenters. The lowest BCUT2D eigenvalue weighted by atomic mass is 10.0. The van der Waals surface area contributed by atoms with Gasteiger partial charge in [0.05, 0.1) is 11.8 Å². The van der Waals surface area contributed by atoms with Crippen LogP contribution < -0.4 is 5.56 Å². The van der Waals surface area contributed by atoms with E-state index in [1.165, 1.54) is 4.68 Å². The Morgan fingerprint density at radius 1 is 1.30 bits per heavy atom. The van der Waals surface area contributed by atoms with E-state index in [4.69, 9.17) is 4.42 Å². The molecule has 0 saturated carbocycles. The molecule has 0 aromatic carbocycles. The maximum atomic E-state index is 12.3. The van der Waals surface area contributed by atoms with E-state index in [0.29, 0.717) is 17.0 Å². The molecule has 0 saturated heterocycles. The molecule has 2 aliphatic rings. The lowest BCUT2D eigenvalue weighted by molar-refractivity contribution is 0.460. The van der Waals surface area contributed by atoms with Gasteiger partial charge in [-0.05, 0) is 37.6 Å². The van der Waals surface area contributed by atoms with Gasteiger partial charge >= 0.3 is 0 Å².